The van der Waals surface area contributed by atoms with E-state index in [1.54, 1.807) is 37.3 Å². The summed E-state index contributed by atoms with van der Waals surface area (Å²) in [6, 6.07) is 8.61. The Kier molecular flexibility index (Phi) is 3.88. The lowest BCUT2D eigenvalue weighted by molar-refractivity contribution is -0.328. The minimum Gasteiger partial charge on any atom is -0.550 e. The summed E-state index contributed by atoms with van der Waals surface area (Å²) in [6.45, 7) is 1.63. The maximum Gasteiger partial charge on any atom is 0.137 e. The molecule has 4 atom stereocenters. The van der Waals surface area contributed by atoms with Gasteiger partial charge in [-0.3, -0.25) is 4.79 Å². The summed E-state index contributed by atoms with van der Waals surface area (Å²) < 4.78 is 0. The van der Waals surface area contributed by atoms with Crippen LogP contribution in [0.15, 0.2) is 30.3 Å². The van der Waals surface area contributed by atoms with Crippen LogP contribution >= 0.6 is 0 Å². The summed E-state index contributed by atoms with van der Waals surface area (Å²) in [5.41, 5.74) is 0.633. The monoisotopic (exact) mass is 274 g/mol. The minimum absolute atomic E-state index is 0.259. The first-order valence-electron chi connectivity index (χ1n) is 6.43. The van der Waals surface area contributed by atoms with Crippen LogP contribution in [0.1, 0.15) is 24.8 Å². The lowest BCUT2D eigenvalue weighted by Gasteiger charge is -2.42. The highest BCUT2D eigenvalue weighted by molar-refractivity contribution is 5.91. The number of benzene rings is 1. The van der Waals surface area contributed by atoms with Gasteiger partial charge in [-0.25, -0.2) is 0 Å². The van der Waals surface area contributed by atoms with E-state index >= 15 is 0 Å². The summed E-state index contributed by atoms with van der Waals surface area (Å²) in [7, 11) is 0. The largest absolute Gasteiger partial charge is 0.550 e. The number of hydrogen-bond acceptors (Lipinski definition) is 5. The lowest BCUT2D eigenvalue weighted by atomic mass is 9.64. The van der Waals surface area contributed by atoms with Crippen molar-refractivity contribution in [2.45, 2.75) is 19.3 Å². The van der Waals surface area contributed by atoms with Crippen LogP contribution < -0.4 is 10.2 Å². The SMILES string of the molecule is C[C@H]1C(=O)C[C@@H](C(=O)[O-])[C@@H](C(=O)[O-])[C@@H]1c1ccccc1. The van der Waals surface area contributed by atoms with Gasteiger partial charge in [-0.05, 0) is 5.56 Å². The van der Waals surface area contributed by atoms with Gasteiger partial charge in [-0.2, -0.15) is 0 Å². The molecule has 20 heavy (non-hydrogen) atoms. The average Bonchev–Trinajstić information content (AvgIpc) is 2.41. The van der Waals surface area contributed by atoms with Crippen molar-refractivity contribution in [3.05, 3.63) is 35.9 Å². The van der Waals surface area contributed by atoms with Gasteiger partial charge >= 0.3 is 0 Å². The van der Waals surface area contributed by atoms with E-state index in [-0.39, 0.29) is 12.2 Å². The molecule has 5 nitrogen and oxygen atoms in total. The molecule has 1 aromatic carbocycles. The molecule has 0 N–H and O–H groups in total. The maximum atomic E-state index is 12.0. The van der Waals surface area contributed by atoms with Gasteiger partial charge in [-0.1, -0.05) is 37.3 Å². The van der Waals surface area contributed by atoms with Gasteiger partial charge in [0, 0.05) is 42.0 Å². The fourth-order valence-electron chi connectivity index (χ4n) is 3.00. The Labute approximate surface area is 116 Å². The molecule has 1 aliphatic rings. The van der Waals surface area contributed by atoms with Crippen molar-refractivity contribution in [2.24, 2.45) is 17.8 Å². The Morgan fingerprint density at radius 1 is 1.10 bits per heavy atom. The Morgan fingerprint density at radius 3 is 2.20 bits per heavy atom. The second kappa shape index (κ2) is 5.45. The number of rotatable bonds is 3. The number of aliphatic carboxylic acids is 2. The van der Waals surface area contributed by atoms with Gasteiger partial charge in [0.05, 0.1) is 0 Å². The van der Waals surface area contributed by atoms with Crippen molar-refractivity contribution in [3.63, 3.8) is 0 Å². The molecule has 106 valence electrons. The Bertz CT molecular complexity index is 536. The van der Waals surface area contributed by atoms with Crippen molar-refractivity contribution in [2.75, 3.05) is 0 Å². The van der Waals surface area contributed by atoms with Gasteiger partial charge < -0.3 is 19.8 Å². The summed E-state index contributed by atoms with van der Waals surface area (Å²) in [5.74, 6) is -7.08. The normalized spacial score (nSPS) is 29.9. The van der Waals surface area contributed by atoms with Gasteiger partial charge in [0.1, 0.15) is 5.78 Å². The third-order valence-corrected chi connectivity index (χ3v) is 4.05. The number of carbonyl (C=O) groups excluding carboxylic acids is 3. The van der Waals surface area contributed by atoms with Crippen molar-refractivity contribution in [1.82, 2.24) is 0 Å². The Balaban J connectivity index is 2.50. The number of ketones is 1. The predicted octanol–water partition coefficient (Wildman–Crippen LogP) is -0.889. The Hall–Kier alpha value is -2.17. The molecule has 0 bridgehead atoms. The van der Waals surface area contributed by atoms with Crippen LogP contribution in [0, 0.1) is 17.8 Å². The standard InChI is InChI=1S/C15H16O5/c1-8-11(16)7-10(14(17)18)13(15(19)20)12(8)9-5-3-2-4-6-9/h2-6,8,10,12-13H,7H2,1H3,(H,17,18)(H,19,20)/p-2/t8-,10+,12-,13+/m0/s1. The zero-order chi connectivity index (χ0) is 14.9. The van der Waals surface area contributed by atoms with Crippen molar-refractivity contribution in [3.8, 4) is 0 Å². The van der Waals surface area contributed by atoms with E-state index in [0.717, 1.165) is 0 Å². The van der Waals surface area contributed by atoms with Gasteiger partial charge in [0.25, 0.3) is 0 Å². The van der Waals surface area contributed by atoms with E-state index in [4.69, 9.17) is 0 Å². The molecular formula is C15H14O5-2. The maximum absolute atomic E-state index is 12.0. The number of carboxylic acids is 2. The van der Waals surface area contributed by atoms with E-state index in [1.165, 1.54) is 0 Å². The van der Waals surface area contributed by atoms with E-state index in [0.29, 0.717) is 5.56 Å². The van der Waals surface area contributed by atoms with Crippen LogP contribution in [0.5, 0.6) is 0 Å². The fourth-order valence-corrected chi connectivity index (χ4v) is 3.00. The van der Waals surface area contributed by atoms with Crippen LogP contribution in [0.3, 0.4) is 0 Å². The minimum atomic E-state index is -1.51. The first kappa shape index (κ1) is 14.2. The summed E-state index contributed by atoms with van der Waals surface area (Å²) in [6.07, 6.45) is -0.314. The zero-order valence-corrected chi connectivity index (χ0v) is 10.9. The molecule has 5 heteroatoms. The molecule has 1 saturated carbocycles. The van der Waals surface area contributed by atoms with E-state index in [9.17, 15) is 24.6 Å². The topological polar surface area (TPSA) is 97.3 Å². The molecule has 2 rings (SSSR count). The highest BCUT2D eigenvalue weighted by atomic mass is 16.4. The van der Waals surface area contributed by atoms with E-state index in [2.05, 4.69) is 0 Å². The molecule has 0 spiro atoms. The van der Waals surface area contributed by atoms with Crippen LogP contribution in [0.2, 0.25) is 0 Å². The van der Waals surface area contributed by atoms with Crippen LogP contribution in [0.4, 0.5) is 0 Å². The highest BCUT2D eigenvalue weighted by Gasteiger charge is 2.43. The van der Waals surface area contributed by atoms with Gasteiger partial charge in [-0.15, -0.1) is 0 Å². The van der Waals surface area contributed by atoms with Crippen molar-refractivity contribution < 1.29 is 24.6 Å². The average molecular weight is 274 g/mol. The summed E-state index contributed by atoms with van der Waals surface area (Å²) in [5, 5.41) is 22.5. The molecule has 0 amide bonds. The molecule has 0 aromatic heterocycles. The molecule has 1 aromatic rings. The molecule has 1 aliphatic carbocycles. The number of hydrogen-bond donors (Lipinski definition) is 0. The zero-order valence-electron chi connectivity index (χ0n) is 10.9. The van der Waals surface area contributed by atoms with E-state index in [1.807, 2.05) is 0 Å². The smallest absolute Gasteiger partial charge is 0.137 e. The second-order valence-electron chi connectivity index (χ2n) is 5.17. The number of Topliss-reactive ketones (excluding diaryl/α,β-unsaturated/α-hetero) is 1. The molecule has 1 fully saturated rings. The quantitative estimate of drug-likeness (QED) is 0.712. The van der Waals surface area contributed by atoms with Crippen LogP contribution in [0.25, 0.3) is 0 Å². The van der Waals surface area contributed by atoms with E-state index < -0.39 is 35.6 Å². The van der Waals surface area contributed by atoms with Crippen molar-refractivity contribution >= 4 is 17.7 Å². The first-order chi connectivity index (χ1) is 9.43. The second-order valence-corrected chi connectivity index (χ2v) is 5.17. The summed E-state index contributed by atoms with van der Waals surface area (Å²) >= 11 is 0. The molecule has 0 heterocycles. The predicted molar refractivity (Wildman–Crippen MR) is 65.0 cm³/mol. The van der Waals surface area contributed by atoms with Crippen LogP contribution in [-0.2, 0) is 14.4 Å². The molecule has 0 aliphatic heterocycles. The third-order valence-electron chi connectivity index (χ3n) is 4.05. The van der Waals surface area contributed by atoms with Gasteiger partial charge in [0.2, 0.25) is 0 Å². The lowest BCUT2D eigenvalue weighted by Crippen LogP contribution is -2.52. The number of carboxylic acid groups (broad SMARTS) is 2. The molecule has 0 unspecified atom stereocenters. The van der Waals surface area contributed by atoms with Gasteiger partial charge in [0.15, 0.2) is 0 Å². The molecule has 0 saturated heterocycles. The van der Waals surface area contributed by atoms with Crippen LogP contribution in [-0.4, -0.2) is 17.7 Å². The molecular weight excluding hydrogens is 260 g/mol. The third kappa shape index (κ3) is 2.43. The Morgan fingerprint density at radius 2 is 1.70 bits per heavy atom. The molecule has 0 radical (unpaired) electrons. The first-order valence-corrected chi connectivity index (χ1v) is 6.43. The van der Waals surface area contributed by atoms with Crippen molar-refractivity contribution in [1.29, 1.82) is 0 Å². The summed E-state index contributed by atoms with van der Waals surface area (Å²) in [4.78, 5) is 34.5. The highest BCUT2D eigenvalue weighted by Crippen LogP contribution is 2.42. The number of carbonyl (C=O) groups is 3. The fraction of sp³-hybridized carbons (Fsp3) is 0.400.